The van der Waals surface area contributed by atoms with E-state index in [0.717, 1.165) is 5.75 Å². The number of carbonyl (C=O) groups excluding carboxylic acids is 1. The van der Waals surface area contributed by atoms with Crippen LogP contribution in [0.1, 0.15) is 6.42 Å². The second kappa shape index (κ2) is 6.79. The highest BCUT2D eigenvalue weighted by Gasteiger charge is 2.35. The van der Waals surface area contributed by atoms with Gasteiger partial charge in [-0.1, -0.05) is 18.2 Å². The van der Waals surface area contributed by atoms with Crippen LogP contribution in [0.5, 0.6) is 5.75 Å². The molecule has 2 N–H and O–H groups in total. The largest absolute Gasteiger partial charge is 0.494 e. The van der Waals surface area contributed by atoms with Crippen molar-refractivity contribution in [1.82, 2.24) is 10.2 Å². The molecule has 1 aliphatic rings. The highest BCUT2D eigenvalue weighted by atomic mass is 16.5. The molecule has 1 fully saturated rings. The number of ether oxygens (including phenoxy) is 1. The Morgan fingerprint density at radius 1 is 1.30 bits per heavy atom. The number of rotatable bonds is 6. The Morgan fingerprint density at radius 2 is 2.00 bits per heavy atom. The summed E-state index contributed by atoms with van der Waals surface area (Å²) in [6, 6.07) is 9.28. The number of nitrogens with one attached hydrogen (secondary N) is 1. The molecule has 2 rings (SSSR count). The van der Waals surface area contributed by atoms with Gasteiger partial charge in [0.2, 0.25) is 0 Å². The fourth-order valence-electron chi connectivity index (χ4n) is 1.89. The van der Waals surface area contributed by atoms with Crippen molar-refractivity contribution in [2.75, 3.05) is 26.2 Å². The van der Waals surface area contributed by atoms with Gasteiger partial charge in [0.15, 0.2) is 0 Å². The lowest BCUT2D eigenvalue weighted by molar-refractivity contribution is -0.146. The first kappa shape index (κ1) is 14.2. The van der Waals surface area contributed by atoms with Crippen LogP contribution in [0.25, 0.3) is 0 Å². The van der Waals surface area contributed by atoms with Gasteiger partial charge < -0.3 is 20.1 Å². The Balaban J connectivity index is 1.53. The van der Waals surface area contributed by atoms with Crippen LogP contribution in [0.3, 0.4) is 0 Å². The number of benzene rings is 1. The minimum absolute atomic E-state index is 0.206. The number of hydrogen-bond donors (Lipinski definition) is 2. The monoisotopic (exact) mass is 278 g/mol. The summed E-state index contributed by atoms with van der Waals surface area (Å²) in [5.41, 5.74) is 0. The van der Waals surface area contributed by atoms with E-state index in [2.05, 4.69) is 5.32 Å². The van der Waals surface area contributed by atoms with E-state index < -0.39 is 11.9 Å². The zero-order valence-electron chi connectivity index (χ0n) is 11.1. The molecule has 2 amide bonds. The lowest BCUT2D eigenvalue weighted by Gasteiger charge is -2.36. The number of nitrogens with zero attached hydrogens (tertiary/aromatic N) is 1. The second-order valence-corrected chi connectivity index (χ2v) is 4.69. The van der Waals surface area contributed by atoms with Crippen molar-refractivity contribution in [3.63, 3.8) is 0 Å². The topological polar surface area (TPSA) is 78.9 Å². The Morgan fingerprint density at radius 3 is 2.65 bits per heavy atom. The number of amides is 2. The third-order valence-corrected chi connectivity index (χ3v) is 3.13. The third kappa shape index (κ3) is 3.88. The second-order valence-electron chi connectivity index (χ2n) is 4.69. The Hall–Kier alpha value is -2.24. The van der Waals surface area contributed by atoms with Gasteiger partial charge in [0, 0.05) is 19.6 Å². The molecule has 20 heavy (non-hydrogen) atoms. The van der Waals surface area contributed by atoms with Crippen molar-refractivity contribution < 1.29 is 19.4 Å². The number of urea groups is 1. The summed E-state index contributed by atoms with van der Waals surface area (Å²) in [5, 5.41) is 11.5. The molecular formula is C14H18N2O4. The summed E-state index contributed by atoms with van der Waals surface area (Å²) in [7, 11) is 0. The smallest absolute Gasteiger partial charge is 0.317 e. The van der Waals surface area contributed by atoms with Gasteiger partial charge in [-0.05, 0) is 18.6 Å². The van der Waals surface area contributed by atoms with Gasteiger partial charge in [0.05, 0.1) is 12.5 Å². The molecular weight excluding hydrogens is 260 g/mol. The van der Waals surface area contributed by atoms with Gasteiger partial charge in [-0.25, -0.2) is 4.79 Å². The van der Waals surface area contributed by atoms with E-state index in [0.29, 0.717) is 32.7 Å². The molecule has 0 unspecified atom stereocenters. The van der Waals surface area contributed by atoms with E-state index >= 15 is 0 Å². The van der Waals surface area contributed by atoms with Gasteiger partial charge in [0.1, 0.15) is 5.75 Å². The number of hydrogen-bond acceptors (Lipinski definition) is 3. The predicted molar refractivity (Wildman–Crippen MR) is 72.7 cm³/mol. The number of likely N-dealkylation sites (tertiary alicyclic amines) is 1. The Labute approximate surface area is 117 Å². The molecule has 108 valence electrons. The molecule has 0 saturated carbocycles. The van der Waals surface area contributed by atoms with Crippen LogP contribution in [0.15, 0.2) is 30.3 Å². The molecule has 6 nitrogen and oxygen atoms in total. The zero-order valence-corrected chi connectivity index (χ0v) is 11.1. The van der Waals surface area contributed by atoms with E-state index in [4.69, 9.17) is 9.84 Å². The van der Waals surface area contributed by atoms with Crippen molar-refractivity contribution in [2.24, 2.45) is 5.92 Å². The van der Waals surface area contributed by atoms with Crippen LogP contribution in [0, 0.1) is 5.92 Å². The molecule has 1 saturated heterocycles. The summed E-state index contributed by atoms with van der Waals surface area (Å²) in [6.07, 6.45) is 0.705. The normalized spacial score (nSPS) is 14.5. The molecule has 6 heteroatoms. The first-order valence-corrected chi connectivity index (χ1v) is 6.60. The summed E-state index contributed by atoms with van der Waals surface area (Å²) in [5.74, 6) is -0.446. The number of carbonyl (C=O) groups is 2. The molecule has 0 atom stereocenters. The number of carboxylic acid groups (broad SMARTS) is 1. The quantitative estimate of drug-likeness (QED) is 0.766. The zero-order chi connectivity index (χ0) is 14.4. The Kier molecular flexibility index (Phi) is 4.81. The van der Waals surface area contributed by atoms with Crippen molar-refractivity contribution >= 4 is 12.0 Å². The van der Waals surface area contributed by atoms with Crippen LogP contribution < -0.4 is 10.1 Å². The molecule has 1 heterocycles. The third-order valence-electron chi connectivity index (χ3n) is 3.13. The predicted octanol–water partition coefficient (Wildman–Crippen LogP) is 1.18. The maximum Gasteiger partial charge on any atom is 0.317 e. The fraction of sp³-hybridized carbons (Fsp3) is 0.429. The van der Waals surface area contributed by atoms with Gasteiger partial charge in [-0.2, -0.15) is 0 Å². The van der Waals surface area contributed by atoms with Crippen molar-refractivity contribution in [3.05, 3.63) is 30.3 Å². The Bertz CT molecular complexity index is 458. The lowest BCUT2D eigenvalue weighted by atomic mass is 10.0. The highest BCUT2D eigenvalue weighted by Crippen LogP contribution is 2.15. The molecule has 1 aliphatic heterocycles. The average Bonchev–Trinajstić information content (AvgIpc) is 2.37. The maximum atomic E-state index is 11.6. The van der Waals surface area contributed by atoms with E-state index in [-0.39, 0.29) is 6.03 Å². The molecule has 0 aromatic heterocycles. The lowest BCUT2D eigenvalue weighted by Crippen LogP contribution is -2.56. The summed E-state index contributed by atoms with van der Waals surface area (Å²) < 4.78 is 5.49. The summed E-state index contributed by atoms with van der Waals surface area (Å²) in [4.78, 5) is 23.7. The fourth-order valence-corrected chi connectivity index (χ4v) is 1.89. The molecule has 0 aliphatic carbocycles. The minimum atomic E-state index is -0.842. The maximum absolute atomic E-state index is 11.6. The van der Waals surface area contributed by atoms with Crippen LogP contribution in [0.4, 0.5) is 4.79 Å². The van der Waals surface area contributed by atoms with Crippen LogP contribution in [-0.2, 0) is 4.79 Å². The SMILES string of the molecule is O=C(O)C1CN(C(=O)NCCCOc2ccccc2)C1. The van der Waals surface area contributed by atoms with E-state index in [1.165, 1.54) is 4.90 Å². The van der Waals surface area contributed by atoms with Gasteiger partial charge >= 0.3 is 12.0 Å². The molecule has 1 aromatic carbocycles. The van der Waals surface area contributed by atoms with Gasteiger partial charge in [0.25, 0.3) is 0 Å². The van der Waals surface area contributed by atoms with Crippen LogP contribution in [-0.4, -0.2) is 48.2 Å². The van der Waals surface area contributed by atoms with E-state index in [1.807, 2.05) is 30.3 Å². The van der Waals surface area contributed by atoms with Gasteiger partial charge in [-0.15, -0.1) is 0 Å². The van der Waals surface area contributed by atoms with Crippen LogP contribution >= 0.6 is 0 Å². The minimum Gasteiger partial charge on any atom is -0.494 e. The standard InChI is InChI=1S/C14H18N2O4/c17-13(18)11-9-16(10-11)14(19)15-7-4-8-20-12-5-2-1-3-6-12/h1-3,5-6,11H,4,7-10H2,(H,15,19)(H,17,18). The molecule has 0 radical (unpaired) electrons. The average molecular weight is 278 g/mol. The summed E-state index contributed by atoms with van der Waals surface area (Å²) >= 11 is 0. The van der Waals surface area contributed by atoms with Crippen molar-refractivity contribution in [2.45, 2.75) is 6.42 Å². The number of aliphatic carboxylic acids is 1. The van der Waals surface area contributed by atoms with Crippen LogP contribution in [0.2, 0.25) is 0 Å². The number of para-hydroxylation sites is 1. The molecule has 0 bridgehead atoms. The summed E-state index contributed by atoms with van der Waals surface area (Å²) in [6.45, 7) is 1.63. The molecule has 1 aromatic rings. The van der Waals surface area contributed by atoms with Crippen molar-refractivity contribution in [3.8, 4) is 5.75 Å². The first-order valence-electron chi connectivity index (χ1n) is 6.60. The van der Waals surface area contributed by atoms with E-state index in [1.54, 1.807) is 0 Å². The number of carboxylic acids is 1. The first-order chi connectivity index (χ1) is 9.66. The molecule has 0 spiro atoms. The van der Waals surface area contributed by atoms with Crippen molar-refractivity contribution in [1.29, 1.82) is 0 Å². The highest BCUT2D eigenvalue weighted by molar-refractivity contribution is 5.79. The van der Waals surface area contributed by atoms with Gasteiger partial charge in [-0.3, -0.25) is 4.79 Å². The van der Waals surface area contributed by atoms with E-state index in [9.17, 15) is 9.59 Å².